The fourth-order valence-electron chi connectivity index (χ4n) is 5.49. The topological polar surface area (TPSA) is 44.3 Å². The Balaban J connectivity index is 1.11. The van der Waals surface area contributed by atoms with Gasteiger partial charge in [-0.15, -0.1) is 0 Å². The van der Waals surface area contributed by atoms with Gasteiger partial charge in [-0.1, -0.05) is 31.5 Å². The highest BCUT2D eigenvalue weighted by atomic mass is 32.2. The highest BCUT2D eigenvalue weighted by molar-refractivity contribution is 8.14. The third-order valence-corrected chi connectivity index (χ3v) is 9.35. The van der Waals surface area contributed by atoms with E-state index >= 15 is 0 Å². The smallest absolute Gasteiger partial charge is 0.225 e. The molecule has 3 aliphatic heterocycles. The first-order chi connectivity index (χ1) is 16.0. The zero-order valence-corrected chi connectivity index (χ0v) is 21.0. The van der Waals surface area contributed by atoms with Crippen LogP contribution >= 0.6 is 10.5 Å². The van der Waals surface area contributed by atoms with E-state index in [4.69, 9.17) is 0 Å². The summed E-state index contributed by atoms with van der Waals surface area (Å²) in [5.41, 5.74) is 6.72. The third kappa shape index (κ3) is 4.35. The molecule has 1 aromatic carbocycles. The van der Waals surface area contributed by atoms with E-state index in [0.29, 0.717) is 5.25 Å². The van der Waals surface area contributed by atoms with Crippen molar-refractivity contribution in [2.75, 3.05) is 49.2 Å². The number of nitrogens with one attached hydrogen (secondary N) is 1. The van der Waals surface area contributed by atoms with Crippen molar-refractivity contribution in [3.05, 3.63) is 59.6 Å². The van der Waals surface area contributed by atoms with Crippen molar-refractivity contribution in [2.24, 2.45) is 0 Å². The lowest BCUT2D eigenvalue weighted by Crippen LogP contribution is -2.50. The SMILES string of the molecule is C=C1Nc2ccc(CC)cc2C12CCN(CCCc1cnc(N3CC(S(=C)C)C3)nc1)CC2. The second kappa shape index (κ2) is 9.22. The van der Waals surface area contributed by atoms with Gasteiger partial charge in [-0.2, -0.15) is 10.5 Å². The predicted molar refractivity (Wildman–Crippen MR) is 143 cm³/mol. The van der Waals surface area contributed by atoms with Crippen molar-refractivity contribution >= 4 is 28.0 Å². The van der Waals surface area contributed by atoms with Gasteiger partial charge in [0.1, 0.15) is 0 Å². The lowest BCUT2D eigenvalue weighted by Gasteiger charge is -2.40. The highest BCUT2D eigenvalue weighted by Crippen LogP contribution is 2.49. The first-order valence-corrected chi connectivity index (χ1v) is 14.2. The maximum absolute atomic E-state index is 4.62. The Labute approximate surface area is 201 Å². The van der Waals surface area contributed by atoms with Gasteiger partial charge in [-0.3, -0.25) is 0 Å². The van der Waals surface area contributed by atoms with Crippen LogP contribution in [0.4, 0.5) is 11.6 Å². The average molecular weight is 464 g/mol. The van der Waals surface area contributed by atoms with Crippen LogP contribution in [0.15, 0.2) is 42.9 Å². The molecular formula is C27H37N5S. The Morgan fingerprint density at radius 3 is 2.55 bits per heavy atom. The van der Waals surface area contributed by atoms with Crippen LogP contribution in [-0.4, -0.2) is 65.0 Å². The Morgan fingerprint density at radius 2 is 1.88 bits per heavy atom. The summed E-state index contributed by atoms with van der Waals surface area (Å²) in [6.45, 7) is 12.1. The first-order valence-electron chi connectivity index (χ1n) is 12.3. The highest BCUT2D eigenvalue weighted by Gasteiger charge is 2.44. The number of benzene rings is 1. The van der Waals surface area contributed by atoms with E-state index in [1.165, 1.54) is 28.1 Å². The van der Waals surface area contributed by atoms with Crippen molar-refractivity contribution in [1.82, 2.24) is 14.9 Å². The maximum atomic E-state index is 4.62. The minimum absolute atomic E-state index is 0.114. The molecule has 2 aromatic rings. The number of aryl methyl sites for hydroxylation is 2. The molecule has 176 valence electrons. The molecule has 4 heterocycles. The molecular weight excluding hydrogens is 426 g/mol. The molecule has 5 nitrogen and oxygen atoms in total. The fourth-order valence-corrected chi connectivity index (χ4v) is 6.36. The van der Waals surface area contributed by atoms with Crippen LogP contribution in [0.1, 0.15) is 42.9 Å². The van der Waals surface area contributed by atoms with Gasteiger partial charge in [0.25, 0.3) is 0 Å². The largest absolute Gasteiger partial charge is 0.358 e. The van der Waals surface area contributed by atoms with Gasteiger partial charge >= 0.3 is 0 Å². The molecule has 33 heavy (non-hydrogen) atoms. The van der Waals surface area contributed by atoms with Crippen molar-refractivity contribution < 1.29 is 0 Å². The lowest BCUT2D eigenvalue weighted by molar-refractivity contribution is 0.179. The van der Waals surface area contributed by atoms with Crippen molar-refractivity contribution in [2.45, 2.75) is 49.7 Å². The molecule has 0 aliphatic carbocycles. The first kappa shape index (κ1) is 22.6. The molecule has 3 aliphatic rings. The molecule has 2 fully saturated rings. The van der Waals surface area contributed by atoms with Gasteiger partial charge < -0.3 is 15.1 Å². The van der Waals surface area contributed by atoms with Crippen LogP contribution in [-0.2, 0) is 18.3 Å². The summed E-state index contributed by atoms with van der Waals surface area (Å²) in [5.74, 6) is 5.04. The predicted octanol–water partition coefficient (Wildman–Crippen LogP) is 4.46. The summed E-state index contributed by atoms with van der Waals surface area (Å²) in [6, 6.07) is 6.91. The Kier molecular flexibility index (Phi) is 6.32. The number of anilines is 2. The van der Waals surface area contributed by atoms with Gasteiger partial charge in [0.15, 0.2) is 0 Å². The van der Waals surface area contributed by atoms with Gasteiger partial charge in [-0.05, 0) is 80.8 Å². The van der Waals surface area contributed by atoms with Crippen LogP contribution in [0.25, 0.3) is 0 Å². The zero-order valence-electron chi connectivity index (χ0n) is 20.1. The van der Waals surface area contributed by atoms with Gasteiger partial charge in [0.05, 0.1) is 0 Å². The number of piperidine rings is 1. The average Bonchev–Trinajstić information content (AvgIpc) is 3.05. The van der Waals surface area contributed by atoms with Crippen LogP contribution in [0.3, 0.4) is 0 Å². The van der Waals surface area contributed by atoms with Crippen molar-refractivity contribution in [1.29, 1.82) is 0 Å². The van der Waals surface area contributed by atoms with E-state index in [1.807, 2.05) is 12.4 Å². The molecule has 1 aromatic heterocycles. The Bertz CT molecular complexity index is 1030. The summed E-state index contributed by atoms with van der Waals surface area (Å²) in [7, 11) is 0.243. The van der Waals surface area contributed by atoms with E-state index < -0.39 is 0 Å². The monoisotopic (exact) mass is 463 g/mol. The number of likely N-dealkylation sites (tertiary alicyclic amines) is 1. The summed E-state index contributed by atoms with van der Waals surface area (Å²) in [4.78, 5) is 14.1. The third-order valence-electron chi connectivity index (χ3n) is 7.91. The van der Waals surface area contributed by atoms with Crippen LogP contribution < -0.4 is 10.2 Å². The van der Waals surface area contributed by atoms with Gasteiger partial charge in [-0.25, -0.2) is 9.97 Å². The molecule has 1 spiro atoms. The minimum Gasteiger partial charge on any atom is -0.358 e. The number of hydrogen-bond donors (Lipinski definition) is 1. The molecule has 0 radical (unpaired) electrons. The second-order valence-electron chi connectivity index (χ2n) is 9.97. The van der Waals surface area contributed by atoms with E-state index in [-0.39, 0.29) is 15.9 Å². The van der Waals surface area contributed by atoms with Crippen molar-refractivity contribution in [3.63, 3.8) is 0 Å². The molecule has 0 saturated carbocycles. The van der Waals surface area contributed by atoms with Gasteiger partial charge in [0.2, 0.25) is 5.95 Å². The molecule has 1 atom stereocenters. The van der Waals surface area contributed by atoms with Crippen molar-refractivity contribution in [3.8, 4) is 0 Å². The molecule has 2 saturated heterocycles. The summed E-state index contributed by atoms with van der Waals surface area (Å²) in [6.07, 6.45) is 11.8. The maximum Gasteiger partial charge on any atom is 0.225 e. The van der Waals surface area contributed by atoms with Crippen LogP contribution in [0, 0.1) is 0 Å². The molecule has 0 amide bonds. The molecule has 6 heteroatoms. The second-order valence-corrected chi connectivity index (χ2v) is 12.0. The number of fused-ring (bicyclic) bond motifs is 2. The van der Waals surface area contributed by atoms with Crippen LogP contribution in [0.5, 0.6) is 0 Å². The zero-order chi connectivity index (χ0) is 23.0. The Morgan fingerprint density at radius 1 is 1.15 bits per heavy atom. The number of hydrogen-bond acceptors (Lipinski definition) is 5. The minimum atomic E-state index is 0.114. The normalized spacial score (nSPS) is 21.0. The summed E-state index contributed by atoms with van der Waals surface area (Å²) >= 11 is 0. The van der Waals surface area contributed by atoms with E-state index in [9.17, 15) is 0 Å². The number of nitrogens with zero attached hydrogens (tertiary/aromatic N) is 4. The molecule has 1 N–H and O–H groups in total. The number of rotatable bonds is 7. The van der Waals surface area contributed by atoms with Gasteiger partial charge in [0, 0.05) is 47.5 Å². The summed E-state index contributed by atoms with van der Waals surface area (Å²) in [5, 5.41) is 4.29. The summed E-state index contributed by atoms with van der Waals surface area (Å²) < 4.78 is 0. The standard InChI is InChI=1S/C27H37N5S/c1-5-21-8-9-25-24(15-21)27(20(2)30-25)10-13-31(14-11-27)12-6-7-22-16-28-26(29-17-22)32-18-23(19-32)33(3)4/h8-9,15-17,23,30H,2-3,5-7,10-14,18-19H2,1,4H3. The quantitative estimate of drug-likeness (QED) is 0.614. The molecule has 0 bridgehead atoms. The molecule has 1 unspecified atom stereocenters. The lowest BCUT2D eigenvalue weighted by atomic mass is 9.72. The van der Waals surface area contributed by atoms with E-state index in [2.05, 4.69) is 68.9 Å². The fraction of sp³-hybridized carbons (Fsp3) is 0.519. The number of allylic oxidation sites excluding steroid dienone is 1. The van der Waals surface area contributed by atoms with Crippen LogP contribution in [0.2, 0.25) is 0 Å². The van der Waals surface area contributed by atoms with E-state index in [1.54, 1.807) is 0 Å². The molecule has 5 rings (SSSR count). The Hall–Kier alpha value is -2.18. The van der Waals surface area contributed by atoms with E-state index in [0.717, 1.165) is 70.8 Å². The number of aromatic nitrogens is 2.